The van der Waals surface area contributed by atoms with Gasteiger partial charge in [-0.05, 0) is 61.1 Å². The molecule has 1 saturated heterocycles. The molecule has 32 heavy (non-hydrogen) atoms. The van der Waals surface area contributed by atoms with E-state index < -0.39 is 0 Å². The minimum absolute atomic E-state index is 0.173. The van der Waals surface area contributed by atoms with Crippen LogP contribution in [0.15, 0.2) is 23.5 Å². The number of carbonyl (C=O) groups excluding carboxylic acids is 2. The van der Waals surface area contributed by atoms with E-state index in [0.717, 1.165) is 67.0 Å². The van der Waals surface area contributed by atoms with Crippen molar-refractivity contribution < 1.29 is 14.3 Å². The summed E-state index contributed by atoms with van der Waals surface area (Å²) in [4.78, 5) is 31.4. The third-order valence-electron chi connectivity index (χ3n) is 7.54. The molecule has 0 bridgehead atoms. The number of hydrogen-bond donors (Lipinski definition) is 1. The van der Waals surface area contributed by atoms with Crippen LogP contribution in [0, 0.1) is 5.41 Å². The van der Waals surface area contributed by atoms with Crippen LogP contribution >= 0.6 is 0 Å². The van der Waals surface area contributed by atoms with Crippen LogP contribution in [0.1, 0.15) is 50.2 Å². The first-order valence-electron chi connectivity index (χ1n) is 11.2. The second-order valence-corrected chi connectivity index (χ2v) is 9.30. The molecule has 1 aliphatic carbocycles. The molecule has 10 nitrogen and oxygen atoms in total. The Morgan fingerprint density at radius 3 is 2.88 bits per heavy atom. The van der Waals surface area contributed by atoms with E-state index in [1.807, 2.05) is 6.20 Å². The number of pyridine rings is 1. The van der Waals surface area contributed by atoms with E-state index in [1.54, 1.807) is 16.5 Å². The van der Waals surface area contributed by atoms with E-state index in [4.69, 9.17) is 4.74 Å². The number of nitrogens with one attached hydrogen (secondary N) is 1. The first kappa shape index (κ1) is 19.5. The molecule has 1 spiro atoms. The number of nitrogens with zero attached hydrogens (tertiary/aromatic N) is 6. The smallest absolute Gasteiger partial charge is 0.336 e. The summed E-state index contributed by atoms with van der Waals surface area (Å²) in [5.74, 6) is 0.597. The number of fused-ring (bicyclic) bond motifs is 3. The van der Waals surface area contributed by atoms with Crippen molar-refractivity contribution in [1.29, 1.82) is 0 Å². The molecule has 2 aromatic rings. The molecular weight excluding hydrogens is 410 g/mol. The lowest BCUT2D eigenvalue weighted by Gasteiger charge is -2.36. The summed E-state index contributed by atoms with van der Waals surface area (Å²) in [5, 5.41) is 15.4. The quantitative estimate of drug-likeness (QED) is 0.608. The highest BCUT2D eigenvalue weighted by atomic mass is 16.5. The van der Waals surface area contributed by atoms with Gasteiger partial charge in [0.1, 0.15) is 12.3 Å². The number of ether oxygens (including phenoxy) is 1. The molecule has 5 heterocycles. The fourth-order valence-electron chi connectivity index (χ4n) is 5.55. The summed E-state index contributed by atoms with van der Waals surface area (Å²) in [6.07, 6.45) is 6.44. The highest BCUT2D eigenvalue weighted by molar-refractivity contribution is 5.94. The first-order chi connectivity index (χ1) is 15.5. The zero-order chi connectivity index (χ0) is 21.9. The van der Waals surface area contributed by atoms with Crippen LogP contribution in [-0.4, -0.2) is 61.2 Å². The second-order valence-electron chi connectivity index (χ2n) is 9.30. The number of amides is 1. The van der Waals surface area contributed by atoms with E-state index in [0.29, 0.717) is 24.7 Å². The molecule has 0 unspecified atom stereocenters. The van der Waals surface area contributed by atoms with E-state index in [1.165, 1.54) is 0 Å². The van der Waals surface area contributed by atoms with Gasteiger partial charge in [-0.3, -0.25) is 9.78 Å². The topological polar surface area (TPSA) is 115 Å². The number of tetrazole rings is 1. The van der Waals surface area contributed by atoms with Gasteiger partial charge in [0.25, 0.3) is 0 Å². The predicted octanol–water partition coefficient (Wildman–Crippen LogP) is 1.18. The van der Waals surface area contributed by atoms with Crippen molar-refractivity contribution in [3.8, 4) is 11.5 Å². The van der Waals surface area contributed by atoms with Crippen molar-refractivity contribution in [2.75, 3.05) is 13.2 Å². The molecule has 0 atom stereocenters. The SMILES string of the molecule is CC1=C(N2CCC3(CCC(NCc4cnc5c(c4)Cn4nnnc4-5)CC3)C2=O)COC1=O. The van der Waals surface area contributed by atoms with Gasteiger partial charge < -0.3 is 15.0 Å². The van der Waals surface area contributed by atoms with Crippen molar-refractivity contribution in [2.45, 2.75) is 58.2 Å². The molecule has 0 radical (unpaired) electrons. The summed E-state index contributed by atoms with van der Waals surface area (Å²) < 4.78 is 6.88. The Morgan fingerprint density at radius 2 is 2.09 bits per heavy atom. The van der Waals surface area contributed by atoms with Gasteiger partial charge in [-0.15, -0.1) is 5.10 Å². The number of cyclic esters (lactones) is 1. The van der Waals surface area contributed by atoms with Gasteiger partial charge in [0, 0.05) is 30.9 Å². The molecule has 2 aromatic heterocycles. The Bertz CT molecular complexity index is 1150. The Hall–Kier alpha value is -3.14. The molecule has 4 aliphatic rings. The maximum Gasteiger partial charge on any atom is 0.336 e. The molecule has 2 fully saturated rings. The van der Waals surface area contributed by atoms with Crippen LogP contribution in [0.25, 0.3) is 11.5 Å². The molecule has 1 N–H and O–H groups in total. The van der Waals surface area contributed by atoms with Gasteiger partial charge in [0.2, 0.25) is 11.7 Å². The van der Waals surface area contributed by atoms with Crippen LogP contribution in [-0.2, 0) is 27.4 Å². The average Bonchev–Trinajstić information content (AvgIpc) is 3.54. The maximum atomic E-state index is 13.3. The van der Waals surface area contributed by atoms with Crippen LogP contribution < -0.4 is 5.32 Å². The minimum Gasteiger partial charge on any atom is -0.456 e. The van der Waals surface area contributed by atoms with Gasteiger partial charge in [-0.2, -0.15) is 0 Å². The van der Waals surface area contributed by atoms with Gasteiger partial charge in [-0.1, -0.05) is 0 Å². The second kappa shape index (κ2) is 7.19. The van der Waals surface area contributed by atoms with E-state index in [-0.39, 0.29) is 23.9 Å². The maximum absolute atomic E-state index is 13.3. The number of carbonyl (C=O) groups is 2. The molecule has 3 aliphatic heterocycles. The normalized spacial score (nSPS) is 26.8. The van der Waals surface area contributed by atoms with Gasteiger partial charge in [-0.25, -0.2) is 9.48 Å². The standard InChI is InChI=1S/C22H25N7O3/c1-13-17(12-32-20(13)30)28-7-6-22(21(28)31)4-2-16(3-5-22)23-9-14-8-15-11-29-19(25-26-27-29)18(15)24-10-14/h8,10,16,23H,2-7,9,11-12H2,1H3. The fourth-order valence-corrected chi connectivity index (χ4v) is 5.55. The summed E-state index contributed by atoms with van der Waals surface area (Å²) in [5.41, 5.74) is 4.17. The Morgan fingerprint density at radius 1 is 1.25 bits per heavy atom. The number of esters is 1. The Balaban J connectivity index is 1.06. The number of aromatic nitrogens is 5. The minimum atomic E-state index is -0.305. The fraction of sp³-hybridized carbons (Fsp3) is 0.545. The summed E-state index contributed by atoms with van der Waals surface area (Å²) in [6, 6.07) is 2.55. The van der Waals surface area contributed by atoms with Crippen LogP contribution in [0.5, 0.6) is 0 Å². The largest absolute Gasteiger partial charge is 0.456 e. The predicted molar refractivity (Wildman–Crippen MR) is 112 cm³/mol. The van der Waals surface area contributed by atoms with Crippen LogP contribution in [0.3, 0.4) is 0 Å². The zero-order valence-corrected chi connectivity index (χ0v) is 18.0. The van der Waals surface area contributed by atoms with Crippen molar-refractivity contribution in [3.63, 3.8) is 0 Å². The first-order valence-corrected chi connectivity index (χ1v) is 11.2. The molecule has 166 valence electrons. The molecular formula is C22H25N7O3. The number of likely N-dealkylation sites (tertiary alicyclic amines) is 1. The number of rotatable bonds is 4. The Labute approximate surface area is 185 Å². The zero-order valence-electron chi connectivity index (χ0n) is 18.0. The van der Waals surface area contributed by atoms with Gasteiger partial charge in [0.05, 0.1) is 23.2 Å². The summed E-state index contributed by atoms with van der Waals surface area (Å²) in [6.45, 7) is 4.06. The molecule has 10 heteroatoms. The van der Waals surface area contributed by atoms with Crippen molar-refractivity contribution in [2.24, 2.45) is 5.41 Å². The van der Waals surface area contributed by atoms with Gasteiger partial charge >= 0.3 is 5.97 Å². The Kier molecular flexibility index (Phi) is 4.39. The highest BCUT2D eigenvalue weighted by Gasteiger charge is 2.50. The highest BCUT2D eigenvalue weighted by Crippen LogP contribution is 2.46. The lowest BCUT2D eigenvalue weighted by Crippen LogP contribution is -2.42. The monoisotopic (exact) mass is 435 g/mol. The average molecular weight is 435 g/mol. The molecule has 6 rings (SSSR count). The summed E-state index contributed by atoms with van der Waals surface area (Å²) in [7, 11) is 0. The molecule has 1 amide bonds. The van der Waals surface area contributed by atoms with E-state index >= 15 is 0 Å². The van der Waals surface area contributed by atoms with Gasteiger partial charge in [0.15, 0.2) is 0 Å². The van der Waals surface area contributed by atoms with E-state index in [2.05, 4.69) is 31.9 Å². The van der Waals surface area contributed by atoms with Crippen LogP contribution in [0.4, 0.5) is 0 Å². The molecule has 1 saturated carbocycles. The van der Waals surface area contributed by atoms with Crippen molar-refractivity contribution >= 4 is 11.9 Å². The third-order valence-corrected chi connectivity index (χ3v) is 7.54. The van der Waals surface area contributed by atoms with Crippen LogP contribution in [0.2, 0.25) is 0 Å². The lowest BCUT2D eigenvalue weighted by molar-refractivity contribution is -0.138. The number of hydrogen-bond acceptors (Lipinski definition) is 8. The molecule has 0 aromatic carbocycles. The van der Waals surface area contributed by atoms with Crippen molar-refractivity contribution in [3.05, 3.63) is 34.7 Å². The van der Waals surface area contributed by atoms with Crippen molar-refractivity contribution in [1.82, 2.24) is 35.4 Å². The third kappa shape index (κ3) is 2.96. The summed E-state index contributed by atoms with van der Waals surface area (Å²) >= 11 is 0. The lowest BCUT2D eigenvalue weighted by atomic mass is 9.71. The van der Waals surface area contributed by atoms with E-state index in [9.17, 15) is 9.59 Å².